The largest absolute Gasteiger partial charge is 0.478 e. The lowest BCUT2D eigenvalue weighted by molar-refractivity contribution is -0.145. The molecular formula is C15H14O3. The first-order chi connectivity index (χ1) is 8.68. The second kappa shape index (κ2) is 5.36. The summed E-state index contributed by atoms with van der Waals surface area (Å²) in [7, 11) is 0. The van der Waals surface area contributed by atoms with Gasteiger partial charge in [0.1, 0.15) is 5.75 Å². The van der Waals surface area contributed by atoms with Crippen LogP contribution in [0, 0.1) is 6.92 Å². The molecule has 1 unspecified atom stereocenters. The van der Waals surface area contributed by atoms with Crippen molar-refractivity contribution in [1.29, 1.82) is 0 Å². The van der Waals surface area contributed by atoms with E-state index < -0.39 is 12.1 Å². The van der Waals surface area contributed by atoms with E-state index in [-0.39, 0.29) is 0 Å². The third-order valence-electron chi connectivity index (χ3n) is 2.67. The number of hydrogen-bond donors (Lipinski definition) is 1. The summed E-state index contributed by atoms with van der Waals surface area (Å²) in [5.74, 6) is -0.404. The maximum absolute atomic E-state index is 11.3. The molecule has 2 rings (SSSR count). The van der Waals surface area contributed by atoms with Crippen LogP contribution in [0.2, 0.25) is 0 Å². The number of rotatable bonds is 4. The van der Waals surface area contributed by atoms with E-state index >= 15 is 0 Å². The average Bonchev–Trinajstić information content (AvgIpc) is 2.38. The van der Waals surface area contributed by atoms with Gasteiger partial charge in [0, 0.05) is 5.56 Å². The molecule has 2 aromatic rings. The van der Waals surface area contributed by atoms with Crippen molar-refractivity contribution in [1.82, 2.24) is 0 Å². The third kappa shape index (κ3) is 2.69. The molecule has 1 atom stereocenters. The summed E-state index contributed by atoms with van der Waals surface area (Å²) in [6.45, 7) is 1.89. The predicted octanol–water partition coefficient (Wildman–Crippen LogP) is 3.20. The summed E-state index contributed by atoms with van der Waals surface area (Å²) in [5, 5.41) is 9.25. The lowest BCUT2D eigenvalue weighted by Crippen LogP contribution is -2.18. The predicted molar refractivity (Wildman–Crippen MR) is 68.6 cm³/mol. The van der Waals surface area contributed by atoms with Gasteiger partial charge in [-0.1, -0.05) is 48.5 Å². The van der Waals surface area contributed by atoms with Crippen LogP contribution >= 0.6 is 0 Å². The Bertz CT molecular complexity index is 534. The van der Waals surface area contributed by atoms with Gasteiger partial charge in [0.25, 0.3) is 0 Å². The maximum atomic E-state index is 11.3. The molecular weight excluding hydrogens is 228 g/mol. The van der Waals surface area contributed by atoms with Crippen molar-refractivity contribution in [2.75, 3.05) is 0 Å². The lowest BCUT2D eigenvalue weighted by Gasteiger charge is -2.16. The molecule has 0 saturated carbocycles. The van der Waals surface area contributed by atoms with Crippen LogP contribution in [0.25, 0.3) is 0 Å². The fraction of sp³-hybridized carbons (Fsp3) is 0.133. The number of aliphatic carboxylic acids is 1. The van der Waals surface area contributed by atoms with Crippen LogP contribution in [0.4, 0.5) is 0 Å². The van der Waals surface area contributed by atoms with Gasteiger partial charge >= 0.3 is 5.97 Å². The maximum Gasteiger partial charge on any atom is 0.349 e. The van der Waals surface area contributed by atoms with Crippen molar-refractivity contribution in [3.63, 3.8) is 0 Å². The number of carboxylic acid groups (broad SMARTS) is 1. The van der Waals surface area contributed by atoms with Crippen LogP contribution in [0.1, 0.15) is 17.2 Å². The Hall–Kier alpha value is -2.29. The Morgan fingerprint density at radius 2 is 1.67 bits per heavy atom. The highest BCUT2D eigenvalue weighted by molar-refractivity contribution is 5.74. The Kier molecular flexibility index (Phi) is 3.63. The molecule has 0 saturated heterocycles. The molecule has 0 amide bonds. The van der Waals surface area contributed by atoms with E-state index in [4.69, 9.17) is 4.74 Å². The molecule has 0 bridgehead atoms. The number of carbonyl (C=O) groups is 1. The van der Waals surface area contributed by atoms with Gasteiger partial charge in [-0.2, -0.15) is 0 Å². The summed E-state index contributed by atoms with van der Waals surface area (Å²) >= 11 is 0. The molecule has 0 aliphatic heterocycles. The third-order valence-corrected chi connectivity index (χ3v) is 2.67. The Morgan fingerprint density at radius 3 is 2.28 bits per heavy atom. The van der Waals surface area contributed by atoms with Crippen LogP contribution in [0.5, 0.6) is 5.75 Å². The average molecular weight is 242 g/mol. The highest BCUT2D eigenvalue weighted by Gasteiger charge is 2.21. The van der Waals surface area contributed by atoms with Crippen LogP contribution in [-0.4, -0.2) is 11.1 Å². The second-order valence-electron chi connectivity index (χ2n) is 4.01. The minimum Gasteiger partial charge on any atom is -0.478 e. The smallest absolute Gasteiger partial charge is 0.349 e. The molecule has 0 radical (unpaired) electrons. The molecule has 0 heterocycles. The standard InChI is InChI=1S/C15H14O3/c1-11-7-5-6-10-13(11)18-14(15(16)17)12-8-3-2-4-9-12/h2-10,14H,1H3,(H,16,17). The molecule has 1 N–H and O–H groups in total. The minimum absolute atomic E-state index is 0.591. The number of para-hydroxylation sites is 1. The zero-order valence-corrected chi connectivity index (χ0v) is 10.0. The molecule has 0 aromatic heterocycles. The van der Waals surface area contributed by atoms with Crippen molar-refractivity contribution in [2.45, 2.75) is 13.0 Å². The van der Waals surface area contributed by atoms with Crippen molar-refractivity contribution in [3.05, 3.63) is 65.7 Å². The van der Waals surface area contributed by atoms with E-state index in [0.29, 0.717) is 11.3 Å². The zero-order chi connectivity index (χ0) is 13.0. The van der Waals surface area contributed by atoms with Gasteiger partial charge in [-0.25, -0.2) is 4.79 Å². The normalized spacial score (nSPS) is 11.8. The van der Waals surface area contributed by atoms with Crippen molar-refractivity contribution >= 4 is 5.97 Å². The van der Waals surface area contributed by atoms with Gasteiger partial charge in [0.05, 0.1) is 0 Å². The first kappa shape index (κ1) is 12.2. The summed E-state index contributed by atoms with van der Waals surface area (Å²) in [6.07, 6.45) is -0.979. The van der Waals surface area contributed by atoms with E-state index in [1.165, 1.54) is 0 Å². The molecule has 3 heteroatoms. The van der Waals surface area contributed by atoms with E-state index in [1.54, 1.807) is 30.3 Å². The van der Waals surface area contributed by atoms with E-state index in [1.807, 2.05) is 31.2 Å². The van der Waals surface area contributed by atoms with Gasteiger partial charge in [-0.05, 0) is 18.6 Å². The zero-order valence-electron chi connectivity index (χ0n) is 10.0. The van der Waals surface area contributed by atoms with Crippen LogP contribution < -0.4 is 4.74 Å². The van der Waals surface area contributed by atoms with E-state index in [0.717, 1.165) is 5.56 Å². The monoisotopic (exact) mass is 242 g/mol. The highest BCUT2D eigenvalue weighted by Crippen LogP contribution is 2.24. The Morgan fingerprint density at radius 1 is 1.06 bits per heavy atom. The van der Waals surface area contributed by atoms with Gasteiger partial charge < -0.3 is 9.84 Å². The molecule has 0 aliphatic rings. The number of carboxylic acids is 1. The number of hydrogen-bond acceptors (Lipinski definition) is 2. The molecule has 0 aliphatic carbocycles. The molecule has 0 fully saturated rings. The summed E-state index contributed by atoms with van der Waals surface area (Å²) in [4.78, 5) is 11.3. The minimum atomic E-state index is -0.996. The fourth-order valence-electron chi connectivity index (χ4n) is 1.70. The highest BCUT2D eigenvalue weighted by atomic mass is 16.5. The molecule has 3 nitrogen and oxygen atoms in total. The summed E-state index contributed by atoms with van der Waals surface area (Å²) < 4.78 is 5.59. The van der Waals surface area contributed by atoms with Crippen molar-refractivity contribution in [3.8, 4) is 5.75 Å². The quantitative estimate of drug-likeness (QED) is 0.895. The van der Waals surface area contributed by atoms with Crippen molar-refractivity contribution in [2.24, 2.45) is 0 Å². The SMILES string of the molecule is Cc1ccccc1OC(C(=O)O)c1ccccc1. The first-order valence-corrected chi connectivity index (χ1v) is 5.68. The summed E-state index contributed by atoms with van der Waals surface area (Å²) in [6, 6.07) is 16.3. The Balaban J connectivity index is 2.28. The number of aryl methyl sites for hydroxylation is 1. The van der Waals surface area contributed by atoms with Crippen molar-refractivity contribution < 1.29 is 14.6 Å². The molecule has 0 spiro atoms. The van der Waals surface area contributed by atoms with Gasteiger partial charge in [-0.3, -0.25) is 0 Å². The second-order valence-corrected chi connectivity index (χ2v) is 4.01. The van der Waals surface area contributed by atoms with Gasteiger partial charge in [0.2, 0.25) is 6.10 Å². The number of ether oxygens (including phenoxy) is 1. The number of benzene rings is 2. The molecule has 92 valence electrons. The fourth-order valence-corrected chi connectivity index (χ4v) is 1.70. The van der Waals surface area contributed by atoms with Gasteiger partial charge in [-0.15, -0.1) is 0 Å². The lowest BCUT2D eigenvalue weighted by atomic mass is 10.1. The Labute approximate surface area is 106 Å². The topological polar surface area (TPSA) is 46.5 Å². The van der Waals surface area contributed by atoms with Crippen LogP contribution in [0.3, 0.4) is 0 Å². The van der Waals surface area contributed by atoms with Gasteiger partial charge in [0.15, 0.2) is 0 Å². The molecule has 2 aromatic carbocycles. The van der Waals surface area contributed by atoms with Crippen LogP contribution in [-0.2, 0) is 4.79 Å². The molecule has 18 heavy (non-hydrogen) atoms. The van der Waals surface area contributed by atoms with Crippen LogP contribution in [0.15, 0.2) is 54.6 Å². The van der Waals surface area contributed by atoms with E-state index in [2.05, 4.69) is 0 Å². The first-order valence-electron chi connectivity index (χ1n) is 5.68. The summed E-state index contributed by atoms with van der Waals surface area (Å²) in [5.41, 5.74) is 1.55. The van der Waals surface area contributed by atoms with E-state index in [9.17, 15) is 9.90 Å².